The van der Waals surface area contributed by atoms with Gasteiger partial charge in [0, 0.05) is 10.3 Å². The van der Waals surface area contributed by atoms with Crippen LogP contribution < -0.4 is 0 Å². The van der Waals surface area contributed by atoms with Crippen LogP contribution in [0.15, 0.2) is 23.6 Å². The number of fused-ring (bicyclic) bond motifs is 1. The summed E-state index contributed by atoms with van der Waals surface area (Å²) in [5.41, 5.74) is 1.86. The summed E-state index contributed by atoms with van der Waals surface area (Å²) in [6.07, 6.45) is -0.270. The Balaban J connectivity index is 2.00. The molecule has 0 spiro atoms. The SMILES string of the molecule is Cc1csc2ccc(C3OC(C)(C)C(C)(C)O3)cc12. The molecule has 1 aromatic carbocycles. The third kappa shape index (κ3) is 2.00. The molecule has 0 atom stereocenters. The highest BCUT2D eigenvalue weighted by molar-refractivity contribution is 7.17. The number of aryl methyl sites for hydroxylation is 1. The van der Waals surface area contributed by atoms with Gasteiger partial charge < -0.3 is 9.47 Å². The van der Waals surface area contributed by atoms with E-state index in [0.717, 1.165) is 5.56 Å². The smallest absolute Gasteiger partial charge is 0.185 e. The number of hydrogen-bond donors (Lipinski definition) is 0. The van der Waals surface area contributed by atoms with Crippen LogP contribution in [0.1, 0.15) is 45.1 Å². The zero-order valence-corrected chi connectivity index (χ0v) is 12.9. The topological polar surface area (TPSA) is 18.5 Å². The molecule has 1 aromatic heterocycles. The van der Waals surface area contributed by atoms with Crippen LogP contribution in [0.3, 0.4) is 0 Å². The average Bonchev–Trinajstić information content (AvgIpc) is 2.78. The van der Waals surface area contributed by atoms with Crippen molar-refractivity contribution in [2.45, 2.75) is 52.1 Å². The average molecular weight is 276 g/mol. The number of thiophene rings is 1. The summed E-state index contributed by atoms with van der Waals surface area (Å²) in [5.74, 6) is 0. The Labute approximate surface area is 118 Å². The van der Waals surface area contributed by atoms with E-state index in [1.54, 1.807) is 11.3 Å². The van der Waals surface area contributed by atoms with Crippen molar-refractivity contribution in [2.24, 2.45) is 0 Å². The quantitative estimate of drug-likeness (QED) is 0.744. The molecule has 0 aliphatic carbocycles. The van der Waals surface area contributed by atoms with Crippen molar-refractivity contribution in [3.05, 3.63) is 34.7 Å². The molecule has 0 bridgehead atoms. The number of rotatable bonds is 1. The van der Waals surface area contributed by atoms with Gasteiger partial charge in [-0.25, -0.2) is 0 Å². The first-order valence-corrected chi connectivity index (χ1v) is 7.51. The van der Waals surface area contributed by atoms with E-state index in [0.29, 0.717) is 0 Å². The van der Waals surface area contributed by atoms with E-state index in [9.17, 15) is 0 Å². The van der Waals surface area contributed by atoms with Crippen LogP contribution in [0, 0.1) is 6.92 Å². The standard InChI is InChI=1S/C16H20O2S/c1-10-9-19-13-7-6-11(8-12(10)13)14-17-15(2,3)16(4,5)18-14/h6-9,14H,1-5H3. The van der Waals surface area contributed by atoms with Gasteiger partial charge in [0.25, 0.3) is 0 Å². The third-order valence-corrected chi connectivity index (χ3v) is 5.40. The number of benzene rings is 1. The Bertz CT molecular complexity index is 609. The second kappa shape index (κ2) is 4.05. The molecule has 0 N–H and O–H groups in total. The van der Waals surface area contributed by atoms with E-state index < -0.39 is 0 Å². The molecule has 1 aliphatic rings. The summed E-state index contributed by atoms with van der Waals surface area (Å²) in [4.78, 5) is 0. The molecule has 2 heterocycles. The predicted molar refractivity (Wildman–Crippen MR) is 79.6 cm³/mol. The maximum absolute atomic E-state index is 6.10. The van der Waals surface area contributed by atoms with Gasteiger partial charge in [-0.15, -0.1) is 11.3 Å². The van der Waals surface area contributed by atoms with E-state index in [1.165, 1.54) is 15.6 Å². The van der Waals surface area contributed by atoms with Crippen molar-refractivity contribution in [1.29, 1.82) is 0 Å². The van der Waals surface area contributed by atoms with Crippen LogP contribution in [-0.4, -0.2) is 11.2 Å². The summed E-state index contributed by atoms with van der Waals surface area (Å²) in [7, 11) is 0. The van der Waals surface area contributed by atoms with Gasteiger partial charge in [-0.05, 0) is 63.1 Å². The highest BCUT2D eigenvalue weighted by Crippen LogP contribution is 2.45. The fourth-order valence-corrected chi connectivity index (χ4v) is 3.22. The first kappa shape index (κ1) is 13.1. The molecule has 0 radical (unpaired) electrons. The molecular weight excluding hydrogens is 256 g/mol. The first-order valence-electron chi connectivity index (χ1n) is 6.63. The van der Waals surface area contributed by atoms with E-state index in [1.807, 2.05) is 0 Å². The molecule has 0 amide bonds. The summed E-state index contributed by atoms with van der Waals surface area (Å²) in [6.45, 7) is 10.5. The Morgan fingerprint density at radius 2 is 1.68 bits per heavy atom. The molecular formula is C16H20O2S. The maximum Gasteiger partial charge on any atom is 0.185 e. The second-order valence-electron chi connectivity index (χ2n) is 6.26. The molecule has 2 aromatic rings. The van der Waals surface area contributed by atoms with Gasteiger partial charge in [0.1, 0.15) is 0 Å². The largest absolute Gasteiger partial charge is 0.339 e. The van der Waals surface area contributed by atoms with Gasteiger partial charge >= 0.3 is 0 Å². The van der Waals surface area contributed by atoms with Crippen molar-refractivity contribution in [1.82, 2.24) is 0 Å². The molecule has 0 unspecified atom stereocenters. The fourth-order valence-electron chi connectivity index (χ4n) is 2.30. The van der Waals surface area contributed by atoms with Crippen LogP contribution in [0.4, 0.5) is 0 Å². The minimum atomic E-state index is -0.281. The molecule has 2 nitrogen and oxygen atoms in total. The van der Waals surface area contributed by atoms with E-state index >= 15 is 0 Å². The lowest BCUT2D eigenvalue weighted by Crippen LogP contribution is -2.41. The molecule has 1 saturated heterocycles. The molecule has 1 aliphatic heterocycles. The minimum Gasteiger partial charge on any atom is -0.339 e. The zero-order valence-electron chi connectivity index (χ0n) is 12.1. The van der Waals surface area contributed by atoms with Crippen molar-refractivity contribution in [3.63, 3.8) is 0 Å². The van der Waals surface area contributed by atoms with Crippen molar-refractivity contribution < 1.29 is 9.47 Å². The molecule has 1 fully saturated rings. The lowest BCUT2D eigenvalue weighted by Gasteiger charge is -2.30. The van der Waals surface area contributed by atoms with Crippen molar-refractivity contribution >= 4 is 21.4 Å². The molecule has 3 rings (SSSR count). The molecule has 3 heteroatoms. The van der Waals surface area contributed by atoms with Gasteiger partial charge in [0.2, 0.25) is 0 Å². The van der Waals surface area contributed by atoms with Gasteiger partial charge in [-0.1, -0.05) is 6.07 Å². The van der Waals surface area contributed by atoms with Crippen LogP contribution in [-0.2, 0) is 9.47 Å². The summed E-state index contributed by atoms with van der Waals surface area (Å²) in [6, 6.07) is 6.47. The Kier molecular flexibility index (Phi) is 2.79. The van der Waals surface area contributed by atoms with Crippen LogP contribution >= 0.6 is 11.3 Å². The second-order valence-corrected chi connectivity index (χ2v) is 7.17. The normalized spacial score (nSPS) is 22.2. The Hall–Kier alpha value is -0.900. The summed E-state index contributed by atoms with van der Waals surface area (Å²) >= 11 is 1.78. The fraction of sp³-hybridized carbons (Fsp3) is 0.500. The van der Waals surface area contributed by atoms with E-state index in [2.05, 4.69) is 58.2 Å². The molecule has 0 saturated carbocycles. The van der Waals surface area contributed by atoms with Gasteiger partial charge in [0.15, 0.2) is 6.29 Å². The van der Waals surface area contributed by atoms with Crippen LogP contribution in [0.2, 0.25) is 0 Å². The first-order chi connectivity index (χ1) is 8.80. The lowest BCUT2D eigenvalue weighted by molar-refractivity contribution is -0.0894. The summed E-state index contributed by atoms with van der Waals surface area (Å²) in [5, 5.41) is 3.50. The zero-order chi connectivity index (χ0) is 13.8. The number of ether oxygens (including phenoxy) is 2. The highest BCUT2D eigenvalue weighted by atomic mass is 32.1. The highest BCUT2D eigenvalue weighted by Gasteiger charge is 2.49. The Morgan fingerprint density at radius 3 is 2.32 bits per heavy atom. The summed E-state index contributed by atoms with van der Waals surface area (Å²) < 4.78 is 13.5. The molecule has 102 valence electrons. The minimum absolute atomic E-state index is 0.270. The Morgan fingerprint density at radius 1 is 1.05 bits per heavy atom. The van der Waals surface area contributed by atoms with Crippen LogP contribution in [0.25, 0.3) is 10.1 Å². The van der Waals surface area contributed by atoms with Crippen LogP contribution in [0.5, 0.6) is 0 Å². The van der Waals surface area contributed by atoms with Gasteiger partial charge in [-0.2, -0.15) is 0 Å². The molecule has 19 heavy (non-hydrogen) atoms. The predicted octanol–water partition coefficient (Wildman–Crippen LogP) is 4.81. The number of hydrogen-bond acceptors (Lipinski definition) is 3. The monoisotopic (exact) mass is 276 g/mol. The van der Waals surface area contributed by atoms with Gasteiger partial charge in [0.05, 0.1) is 11.2 Å². The lowest BCUT2D eigenvalue weighted by atomic mass is 9.90. The van der Waals surface area contributed by atoms with E-state index in [-0.39, 0.29) is 17.5 Å². The van der Waals surface area contributed by atoms with Gasteiger partial charge in [-0.3, -0.25) is 0 Å². The van der Waals surface area contributed by atoms with Crippen molar-refractivity contribution in [2.75, 3.05) is 0 Å². The van der Waals surface area contributed by atoms with E-state index in [4.69, 9.17) is 9.47 Å². The van der Waals surface area contributed by atoms with Crippen molar-refractivity contribution in [3.8, 4) is 0 Å². The third-order valence-electron chi connectivity index (χ3n) is 4.32. The maximum atomic E-state index is 6.10.